The molecule has 92 valence electrons. The predicted octanol–water partition coefficient (Wildman–Crippen LogP) is 0.927. The molecule has 1 aliphatic carbocycles. The number of aliphatic imine (C=N–C) groups is 1. The summed E-state index contributed by atoms with van der Waals surface area (Å²) in [6.45, 7) is 6.64. The highest BCUT2D eigenvalue weighted by molar-refractivity contribution is 5.77. The largest absolute Gasteiger partial charge is 0.370 e. The molecule has 0 aliphatic heterocycles. The Morgan fingerprint density at radius 1 is 1.65 bits per heavy atom. The van der Waals surface area contributed by atoms with Crippen molar-refractivity contribution in [2.75, 3.05) is 6.54 Å². The van der Waals surface area contributed by atoms with Gasteiger partial charge in [-0.15, -0.1) is 0 Å². The summed E-state index contributed by atoms with van der Waals surface area (Å²) in [5.41, 5.74) is 6.66. The van der Waals surface area contributed by atoms with E-state index >= 15 is 0 Å². The molecular weight excluding hydrogens is 218 g/mol. The van der Waals surface area contributed by atoms with Gasteiger partial charge in [-0.25, -0.2) is 4.99 Å². The molecule has 0 bridgehead atoms. The summed E-state index contributed by atoms with van der Waals surface area (Å²) < 4.78 is 5.11. The summed E-state index contributed by atoms with van der Waals surface area (Å²) >= 11 is 0. The van der Waals surface area contributed by atoms with Gasteiger partial charge >= 0.3 is 0 Å². The van der Waals surface area contributed by atoms with E-state index in [1.165, 1.54) is 0 Å². The molecule has 0 radical (unpaired) electrons. The Labute approximate surface area is 100.0 Å². The van der Waals surface area contributed by atoms with Crippen molar-refractivity contribution in [1.29, 1.82) is 0 Å². The third kappa shape index (κ3) is 3.58. The number of hydrogen-bond acceptors (Lipinski definition) is 4. The molecule has 1 aromatic rings. The Morgan fingerprint density at radius 2 is 2.41 bits per heavy atom. The lowest BCUT2D eigenvalue weighted by molar-refractivity contribution is 0.374. The fraction of sp³-hybridized carbons (Fsp3) is 0.545. The highest BCUT2D eigenvalue weighted by Crippen LogP contribution is 2.38. The SMILES string of the molecule is C=C(C)CNC(N)=NCc1noc(C2CC2)n1. The molecular formula is C11H17N5O. The summed E-state index contributed by atoms with van der Waals surface area (Å²) in [5.74, 6) is 2.14. The van der Waals surface area contributed by atoms with Crippen molar-refractivity contribution in [1.82, 2.24) is 15.5 Å². The van der Waals surface area contributed by atoms with Crippen LogP contribution in [-0.2, 0) is 6.54 Å². The van der Waals surface area contributed by atoms with E-state index in [1.54, 1.807) is 0 Å². The first-order chi connectivity index (χ1) is 8.15. The second-order valence-electron chi connectivity index (χ2n) is 4.34. The van der Waals surface area contributed by atoms with Crippen LogP contribution in [0.4, 0.5) is 0 Å². The standard InChI is InChI=1S/C11H17N5O/c1-7(2)5-13-11(12)14-6-9-15-10(17-16-9)8-3-4-8/h8H,1,3-6H2,2H3,(H3,12,13,14). The lowest BCUT2D eigenvalue weighted by Crippen LogP contribution is -2.32. The molecule has 0 saturated heterocycles. The van der Waals surface area contributed by atoms with Crippen molar-refractivity contribution in [2.24, 2.45) is 10.7 Å². The van der Waals surface area contributed by atoms with Crippen LogP contribution in [0.5, 0.6) is 0 Å². The van der Waals surface area contributed by atoms with Crippen LogP contribution in [0.3, 0.4) is 0 Å². The van der Waals surface area contributed by atoms with Crippen LogP contribution in [0.1, 0.15) is 37.4 Å². The van der Waals surface area contributed by atoms with Crippen molar-refractivity contribution in [3.63, 3.8) is 0 Å². The Bertz CT molecular complexity index is 433. The van der Waals surface area contributed by atoms with Gasteiger partial charge in [-0.1, -0.05) is 17.3 Å². The Hall–Kier alpha value is -1.85. The summed E-state index contributed by atoms with van der Waals surface area (Å²) in [4.78, 5) is 8.37. The van der Waals surface area contributed by atoms with Crippen molar-refractivity contribution in [3.8, 4) is 0 Å². The minimum Gasteiger partial charge on any atom is -0.370 e. The summed E-state index contributed by atoms with van der Waals surface area (Å²) in [6, 6.07) is 0. The van der Waals surface area contributed by atoms with Gasteiger partial charge in [-0.3, -0.25) is 0 Å². The maximum Gasteiger partial charge on any atom is 0.229 e. The second kappa shape index (κ2) is 4.99. The van der Waals surface area contributed by atoms with E-state index in [-0.39, 0.29) is 0 Å². The van der Waals surface area contributed by atoms with Crippen LogP contribution in [0.2, 0.25) is 0 Å². The number of nitrogens with two attached hydrogens (primary N) is 1. The van der Waals surface area contributed by atoms with Crippen molar-refractivity contribution >= 4 is 5.96 Å². The van der Waals surface area contributed by atoms with Crippen molar-refractivity contribution < 1.29 is 4.52 Å². The van der Waals surface area contributed by atoms with E-state index in [4.69, 9.17) is 10.3 Å². The Balaban J connectivity index is 1.82. The normalized spacial score (nSPS) is 15.9. The summed E-state index contributed by atoms with van der Waals surface area (Å²) in [6.07, 6.45) is 2.29. The number of nitrogens with zero attached hydrogens (tertiary/aromatic N) is 3. The van der Waals surface area contributed by atoms with Gasteiger partial charge in [0, 0.05) is 12.5 Å². The molecule has 1 saturated carbocycles. The zero-order valence-electron chi connectivity index (χ0n) is 9.94. The van der Waals surface area contributed by atoms with E-state index in [2.05, 4.69) is 27.0 Å². The minimum absolute atomic E-state index is 0.339. The van der Waals surface area contributed by atoms with Gasteiger partial charge in [0.2, 0.25) is 5.89 Å². The number of guanidine groups is 1. The molecule has 1 aliphatic rings. The van der Waals surface area contributed by atoms with E-state index in [0.717, 1.165) is 24.3 Å². The first-order valence-corrected chi connectivity index (χ1v) is 5.66. The van der Waals surface area contributed by atoms with Crippen molar-refractivity contribution in [3.05, 3.63) is 23.9 Å². The van der Waals surface area contributed by atoms with Crippen LogP contribution in [0.25, 0.3) is 0 Å². The molecule has 1 fully saturated rings. The smallest absolute Gasteiger partial charge is 0.229 e. The monoisotopic (exact) mass is 235 g/mol. The molecule has 2 rings (SSSR count). The maximum atomic E-state index is 5.66. The Morgan fingerprint density at radius 3 is 3.06 bits per heavy atom. The lowest BCUT2D eigenvalue weighted by atomic mass is 10.3. The third-order valence-electron chi connectivity index (χ3n) is 2.37. The van der Waals surface area contributed by atoms with Gasteiger partial charge in [0.15, 0.2) is 11.8 Å². The van der Waals surface area contributed by atoms with Gasteiger partial charge in [-0.2, -0.15) is 4.98 Å². The van der Waals surface area contributed by atoms with Gasteiger partial charge < -0.3 is 15.6 Å². The van der Waals surface area contributed by atoms with Crippen LogP contribution in [-0.4, -0.2) is 22.6 Å². The zero-order chi connectivity index (χ0) is 12.3. The molecule has 17 heavy (non-hydrogen) atoms. The summed E-state index contributed by atoms with van der Waals surface area (Å²) in [5, 5.41) is 6.79. The van der Waals surface area contributed by atoms with Crippen LogP contribution in [0, 0.1) is 0 Å². The molecule has 0 atom stereocenters. The number of nitrogens with one attached hydrogen (secondary N) is 1. The maximum absolute atomic E-state index is 5.66. The number of hydrogen-bond donors (Lipinski definition) is 2. The van der Waals surface area contributed by atoms with Crippen molar-refractivity contribution in [2.45, 2.75) is 32.2 Å². The van der Waals surface area contributed by atoms with Gasteiger partial charge in [0.1, 0.15) is 6.54 Å². The number of rotatable bonds is 5. The molecule has 1 aromatic heterocycles. The average molecular weight is 235 g/mol. The summed E-state index contributed by atoms with van der Waals surface area (Å²) in [7, 11) is 0. The molecule has 0 unspecified atom stereocenters. The predicted molar refractivity (Wildman–Crippen MR) is 64.4 cm³/mol. The van der Waals surface area contributed by atoms with Gasteiger partial charge in [0.25, 0.3) is 0 Å². The Kier molecular flexibility index (Phi) is 3.41. The van der Waals surface area contributed by atoms with E-state index in [1.807, 2.05) is 6.92 Å². The van der Waals surface area contributed by atoms with Crippen LogP contribution < -0.4 is 11.1 Å². The quantitative estimate of drug-likeness (QED) is 0.450. The fourth-order valence-electron chi connectivity index (χ4n) is 1.28. The van der Waals surface area contributed by atoms with Gasteiger partial charge in [0.05, 0.1) is 0 Å². The first kappa shape index (κ1) is 11.6. The molecule has 1 heterocycles. The van der Waals surface area contributed by atoms with Crippen LogP contribution >= 0.6 is 0 Å². The van der Waals surface area contributed by atoms with Crippen LogP contribution in [0.15, 0.2) is 21.7 Å². The lowest BCUT2D eigenvalue weighted by Gasteiger charge is -2.03. The first-order valence-electron chi connectivity index (χ1n) is 5.66. The molecule has 6 nitrogen and oxygen atoms in total. The molecule has 6 heteroatoms. The van der Waals surface area contributed by atoms with E-state index in [9.17, 15) is 0 Å². The fourth-order valence-corrected chi connectivity index (χ4v) is 1.28. The topological polar surface area (TPSA) is 89.3 Å². The molecule has 0 aromatic carbocycles. The number of aromatic nitrogens is 2. The molecule has 3 N–H and O–H groups in total. The zero-order valence-corrected chi connectivity index (χ0v) is 9.94. The molecule has 0 amide bonds. The minimum atomic E-state index is 0.339. The third-order valence-corrected chi connectivity index (χ3v) is 2.37. The molecule has 0 spiro atoms. The average Bonchev–Trinajstić information content (AvgIpc) is 3.04. The van der Waals surface area contributed by atoms with Gasteiger partial charge in [-0.05, 0) is 19.8 Å². The highest BCUT2D eigenvalue weighted by Gasteiger charge is 2.29. The van der Waals surface area contributed by atoms with E-state index in [0.29, 0.717) is 30.8 Å². The highest BCUT2D eigenvalue weighted by atomic mass is 16.5. The second-order valence-corrected chi connectivity index (χ2v) is 4.34. The van der Waals surface area contributed by atoms with E-state index < -0.39 is 0 Å².